The fourth-order valence-electron chi connectivity index (χ4n) is 2.20. The van der Waals surface area contributed by atoms with Crippen molar-refractivity contribution in [1.29, 1.82) is 0 Å². The molecule has 1 saturated heterocycles. The van der Waals surface area contributed by atoms with E-state index in [0.29, 0.717) is 10.7 Å². The van der Waals surface area contributed by atoms with E-state index < -0.39 is 0 Å². The van der Waals surface area contributed by atoms with E-state index in [-0.39, 0.29) is 18.3 Å². The fraction of sp³-hybridized carbons (Fsp3) is 0.118. The zero-order valence-electron chi connectivity index (χ0n) is 12.4. The molecular formula is C17H14FN3OS. The lowest BCUT2D eigenvalue weighted by Gasteiger charge is -2.17. The van der Waals surface area contributed by atoms with Crippen LogP contribution in [0.25, 0.3) is 0 Å². The Labute approximate surface area is 138 Å². The summed E-state index contributed by atoms with van der Waals surface area (Å²) in [6.07, 6.45) is 1.49. The quantitative estimate of drug-likeness (QED) is 0.642. The highest BCUT2D eigenvalue weighted by Gasteiger charge is 2.33. The van der Waals surface area contributed by atoms with Gasteiger partial charge in [0.05, 0.1) is 6.21 Å². The molecule has 4 nitrogen and oxygen atoms in total. The van der Waals surface area contributed by atoms with Crippen molar-refractivity contribution < 1.29 is 9.18 Å². The first-order chi connectivity index (χ1) is 11.0. The molecule has 1 amide bonds. The third-order valence-electron chi connectivity index (χ3n) is 3.48. The summed E-state index contributed by atoms with van der Waals surface area (Å²) >= 11 is 5.35. The van der Waals surface area contributed by atoms with Gasteiger partial charge in [-0.1, -0.05) is 29.8 Å². The van der Waals surface area contributed by atoms with E-state index in [1.165, 1.54) is 23.4 Å². The number of aryl methyl sites for hydroxylation is 1. The van der Waals surface area contributed by atoms with Gasteiger partial charge in [-0.3, -0.25) is 4.79 Å². The number of nitrogens with zero attached hydrogens (tertiary/aromatic N) is 3. The number of carbonyl (C=O) groups is 1. The third-order valence-corrected chi connectivity index (χ3v) is 3.87. The Morgan fingerprint density at radius 1 is 1.13 bits per heavy atom. The number of halogens is 1. The van der Waals surface area contributed by atoms with Crippen LogP contribution in [0.15, 0.2) is 53.6 Å². The molecule has 0 atom stereocenters. The van der Waals surface area contributed by atoms with Crippen LogP contribution in [0.5, 0.6) is 0 Å². The van der Waals surface area contributed by atoms with Crippen LogP contribution in [0.4, 0.5) is 10.1 Å². The minimum atomic E-state index is -0.319. The average Bonchev–Trinajstić information content (AvgIpc) is 2.82. The molecule has 0 unspecified atom stereocenters. The minimum Gasteiger partial charge on any atom is -0.308 e. The summed E-state index contributed by atoms with van der Waals surface area (Å²) in [6.45, 7) is 2.15. The fourth-order valence-corrected chi connectivity index (χ4v) is 2.52. The predicted molar refractivity (Wildman–Crippen MR) is 92.0 cm³/mol. The molecule has 0 bridgehead atoms. The molecule has 116 valence electrons. The number of hydrogen-bond donors (Lipinski definition) is 0. The first kappa shape index (κ1) is 15.3. The van der Waals surface area contributed by atoms with Gasteiger partial charge in [-0.2, -0.15) is 10.1 Å². The maximum absolute atomic E-state index is 12.9. The van der Waals surface area contributed by atoms with Gasteiger partial charge in [-0.25, -0.2) is 4.39 Å². The number of rotatable bonds is 3. The summed E-state index contributed by atoms with van der Waals surface area (Å²) in [5.41, 5.74) is 2.68. The van der Waals surface area contributed by atoms with E-state index in [0.717, 1.165) is 11.3 Å². The molecule has 0 N–H and O–H groups in total. The smallest absolute Gasteiger partial charge is 0.269 e. The molecule has 1 heterocycles. The summed E-state index contributed by atoms with van der Waals surface area (Å²) in [5, 5.41) is 5.66. The monoisotopic (exact) mass is 327 g/mol. The highest BCUT2D eigenvalue weighted by Crippen LogP contribution is 2.22. The number of hydrogen-bond acceptors (Lipinski definition) is 3. The van der Waals surface area contributed by atoms with Crippen LogP contribution in [0, 0.1) is 12.7 Å². The maximum atomic E-state index is 12.9. The Morgan fingerprint density at radius 2 is 1.78 bits per heavy atom. The minimum absolute atomic E-state index is 0.155. The van der Waals surface area contributed by atoms with Gasteiger partial charge in [0.2, 0.25) is 5.11 Å². The van der Waals surface area contributed by atoms with Crippen molar-refractivity contribution in [3.8, 4) is 0 Å². The second-order valence-electron chi connectivity index (χ2n) is 5.21. The van der Waals surface area contributed by atoms with Gasteiger partial charge in [0.25, 0.3) is 5.91 Å². The van der Waals surface area contributed by atoms with Crippen LogP contribution >= 0.6 is 12.2 Å². The normalized spacial score (nSPS) is 15.0. The van der Waals surface area contributed by atoms with Gasteiger partial charge in [-0.15, -0.1) is 0 Å². The average molecular weight is 327 g/mol. The van der Waals surface area contributed by atoms with E-state index in [1.807, 2.05) is 31.2 Å². The number of hydrazone groups is 1. The van der Waals surface area contributed by atoms with E-state index in [1.54, 1.807) is 17.0 Å². The standard InChI is InChI=1S/C17H14FN3OS/c1-12-2-8-15(9-3-12)20-11-16(22)21(17(20)23)19-10-13-4-6-14(18)7-5-13/h2-10H,11H2,1H3/b19-10-. The highest BCUT2D eigenvalue weighted by atomic mass is 32.1. The van der Waals surface area contributed by atoms with Crippen LogP contribution in [-0.2, 0) is 4.79 Å². The lowest BCUT2D eigenvalue weighted by Crippen LogP contribution is -2.29. The van der Waals surface area contributed by atoms with Gasteiger partial charge >= 0.3 is 0 Å². The van der Waals surface area contributed by atoms with E-state index >= 15 is 0 Å². The lowest BCUT2D eigenvalue weighted by molar-refractivity contribution is -0.124. The Hall–Kier alpha value is -2.60. The second kappa shape index (κ2) is 6.26. The molecule has 0 radical (unpaired) electrons. The maximum Gasteiger partial charge on any atom is 0.269 e. The molecule has 0 aliphatic carbocycles. The zero-order chi connectivity index (χ0) is 16.4. The van der Waals surface area contributed by atoms with E-state index in [4.69, 9.17) is 12.2 Å². The van der Waals surface area contributed by atoms with Gasteiger partial charge in [0, 0.05) is 5.69 Å². The molecule has 1 aliphatic rings. The molecule has 23 heavy (non-hydrogen) atoms. The lowest BCUT2D eigenvalue weighted by atomic mass is 10.2. The van der Waals surface area contributed by atoms with Crippen molar-refractivity contribution in [3.05, 3.63) is 65.5 Å². The number of carbonyl (C=O) groups excluding carboxylic acids is 1. The SMILES string of the molecule is Cc1ccc(N2CC(=O)N(/N=C\c3ccc(F)cc3)C2=S)cc1. The molecule has 0 aromatic heterocycles. The van der Waals surface area contributed by atoms with Crippen LogP contribution < -0.4 is 4.90 Å². The van der Waals surface area contributed by atoms with Crippen LogP contribution in [0.1, 0.15) is 11.1 Å². The number of thiocarbonyl (C=S) groups is 1. The first-order valence-corrected chi connectivity index (χ1v) is 7.46. The molecule has 2 aromatic carbocycles. The zero-order valence-corrected chi connectivity index (χ0v) is 13.3. The Bertz CT molecular complexity index is 771. The molecule has 1 aliphatic heterocycles. The van der Waals surface area contributed by atoms with Crippen molar-refractivity contribution in [2.45, 2.75) is 6.92 Å². The van der Waals surface area contributed by atoms with Gasteiger partial charge in [0.15, 0.2) is 0 Å². The van der Waals surface area contributed by atoms with Crippen molar-refractivity contribution in [1.82, 2.24) is 5.01 Å². The molecule has 0 spiro atoms. The van der Waals surface area contributed by atoms with Gasteiger partial charge in [0.1, 0.15) is 12.4 Å². The molecule has 0 saturated carbocycles. The van der Waals surface area contributed by atoms with Crippen molar-refractivity contribution in [3.63, 3.8) is 0 Å². The topological polar surface area (TPSA) is 35.9 Å². The summed E-state index contributed by atoms with van der Waals surface area (Å²) < 4.78 is 12.9. The van der Waals surface area contributed by atoms with Crippen molar-refractivity contribution >= 4 is 35.1 Å². The molecular weight excluding hydrogens is 313 g/mol. The van der Waals surface area contributed by atoms with Gasteiger partial charge in [-0.05, 0) is 49.0 Å². The first-order valence-electron chi connectivity index (χ1n) is 7.05. The van der Waals surface area contributed by atoms with E-state index in [9.17, 15) is 9.18 Å². The summed E-state index contributed by atoms with van der Waals surface area (Å²) in [5.74, 6) is -0.519. The van der Waals surface area contributed by atoms with Crippen LogP contribution in [0.3, 0.4) is 0 Å². The number of anilines is 1. The number of amides is 1. The molecule has 1 fully saturated rings. The highest BCUT2D eigenvalue weighted by molar-refractivity contribution is 7.80. The van der Waals surface area contributed by atoms with Crippen molar-refractivity contribution in [2.75, 3.05) is 11.4 Å². The third kappa shape index (κ3) is 3.27. The van der Waals surface area contributed by atoms with Crippen LogP contribution in [0.2, 0.25) is 0 Å². The predicted octanol–water partition coefficient (Wildman–Crippen LogP) is 3.10. The second-order valence-corrected chi connectivity index (χ2v) is 5.57. The molecule has 6 heteroatoms. The summed E-state index contributed by atoms with van der Waals surface area (Å²) in [6, 6.07) is 13.6. The van der Waals surface area contributed by atoms with E-state index in [2.05, 4.69) is 5.10 Å². The van der Waals surface area contributed by atoms with Gasteiger partial charge < -0.3 is 4.90 Å². The Balaban J connectivity index is 1.78. The molecule has 2 aromatic rings. The number of benzene rings is 2. The summed E-state index contributed by atoms with van der Waals surface area (Å²) in [7, 11) is 0. The largest absolute Gasteiger partial charge is 0.308 e. The Kier molecular flexibility index (Phi) is 4.16. The van der Waals surface area contributed by atoms with Crippen LogP contribution in [-0.4, -0.2) is 28.8 Å². The van der Waals surface area contributed by atoms with Crippen molar-refractivity contribution in [2.24, 2.45) is 5.10 Å². The molecule has 3 rings (SSSR count). The summed E-state index contributed by atoms with van der Waals surface area (Å²) in [4.78, 5) is 13.9. The Morgan fingerprint density at radius 3 is 2.43 bits per heavy atom.